The molecule has 0 aliphatic carbocycles. The number of anilines is 1. The minimum Gasteiger partial charge on any atom is -0.381 e. The van der Waals surface area contributed by atoms with E-state index in [2.05, 4.69) is 37.1 Å². The predicted octanol–water partition coefficient (Wildman–Crippen LogP) is 3.48. The molecule has 1 fully saturated rings. The highest BCUT2D eigenvalue weighted by molar-refractivity contribution is 6.33. The van der Waals surface area contributed by atoms with Gasteiger partial charge >= 0.3 is 0 Å². The van der Waals surface area contributed by atoms with Gasteiger partial charge in [-0.15, -0.1) is 0 Å². The number of ether oxygens (including phenoxy) is 1. The van der Waals surface area contributed by atoms with Gasteiger partial charge in [0.25, 0.3) is 0 Å². The molecule has 1 aromatic carbocycles. The topological polar surface area (TPSA) is 38.5 Å². The molecule has 1 saturated heterocycles. The summed E-state index contributed by atoms with van der Waals surface area (Å²) in [5, 5.41) is 0.815. The van der Waals surface area contributed by atoms with Crippen LogP contribution >= 0.6 is 11.6 Å². The summed E-state index contributed by atoms with van der Waals surface area (Å²) < 4.78 is 5.55. The van der Waals surface area contributed by atoms with E-state index >= 15 is 0 Å². The first-order valence-corrected chi connectivity index (χ1v) is 8.30. The number of halogens is 1. The summed E-state index contributed by atoms with van der Waals surface area (Å²) in [7, 11) is 2.10. The molecular weight excluding hydrogens is 284 g/mol. The van der Waals surface area contributed by atoms with Gasteiger partial charge in [0.15, 0.2) is 0 Å². The maximum absolute atomic E-state index is 6.45. The number of nitrogens with zero attached hydrogens (tertiary/aromatic N) is 1. The van der Waals surface area contributed by atoms with Crippen LogP contribution in [-0.4, -0.2) is 32.8 Å². The fraction of sp³-hybridized carbons (Fsp3) is 0.647. The van der Waals surface area contributed by atoms with Crippen LogP contribution in [0.1, 0.15) is 31.7 Å². The number of nitrogens with two attached hydrogens (primary N) is 1. The van der Waals surface area contributed by atoms with Crippen LogP contribution in [-0.2, 0) is 11.2 Å². The van der Waals surface area contributed by atoms with E-state index in [9.17, 15) is 0 Å². The highest BCUT2D eigenvalue weighted by Crippen LogP contribution is 2.28. The number of rotatable bonds is 6. The largest absolute Gasteiger partial charge is 0.381 e. The molecule has 1 heterocycles. The predicted molar refractivity (Wildman–Crippen MR) is 90.2 cm³/mol. The maximum atomic E-state index is 6.45. The zero-order valence-electron chi connectivity index (χ0n) is 13.1. The van der Waals surface area contributed by atoms with Crippen molar-refractivity contribution in [2.75, 3.05) is 31.7 Å². The van der Waals surface area contributed by atoms with Crippen molar-refractivity contribution in [1.82, 2.24) is 0 Å². The molecule has 2 rings (SSSR count). The third kappa shape index (κ3) is 4.87. The van der Waals surface area contributed by atoms with Gasteiger partial charge in [-0.1, -0.05) is 24.6 Å². The summed E-state index contributed by atoms with van der Waals surface area (Å²) in [6.07, 6.45) is 4.28. The number of hydrogen-bond donors (Lipinski definition) is 1. The first-order chi connectivity index (χ1) is 10.1. The highest BCUT2D eigenvalue weighted by atomic mass is 35.5. The molecule has 118 valence electrons. The summed E-state index contributed by atoms with van der Waals surface area (Å²) in [5.74, 6) is 0.605. The maximum Gasteiger partial charge on any atom is 0.0642 e. The Hall–Kier alpha value is -0.770. The molecule has 3 nitrogen and oxygen atoms in total. The van der Waals surface area contributed by atoms with Gasteiger partial charge in [-0.2, -0.15) is 0 Å². The van der Waals surface area contributed by atoms with Gasteiger partial charge in [-0.25, -0.2) is 0 Å². The van der Waals surface area contributed by atoms with Crippen LogP contribution in [0.3, 0.4) is 0 Å². The summed E-state index contributed by atoms with van der Waals surface area (Å²) in [4.78, 5) is 2.24. The van der Waals surface area contributed by atoms with Crippen LogP contribution < -0.4 is 10.6 Å². The van der Waals surface area contributed by atoms with E-state index in [0.717, 1.165) is 43.3 Å². The van der Waals surface area contributed by atoms with Crippen molar-refractivity contribution < 1.29 is 4.74 Å². The lowest BCUT2D eigenvalue weighted by Gasteiger charge is -2.29. The lowest BCUT2D eigenvalue weighted by molar-refractivity contribution is 0.0576. The van der Waals surface area contributed by atoms with Crippen molar-refractivity contribution in [2.45, 2.75) is 38.6 Å². The molecule has 1 aromatic rings. The zero-order valence-corrected chi connectivity index (χ0v) is 13.9. The third-order valence-corrected chi connectivity index (χ3v) is 4.54. The fourth-order valence-electron chi connectivity index (χ4n) is 2.87. The van der Waals surface area contributed by atoms with Crippen molar-refractivity contribution in [2.24, 2.45) is 11.7 Å². The van der Waals surface area contributed by atoms with Gasteiger partial charge in [0.2, 0.25) is 0 Å². The molecule has 2 N–H and O–H groups in total. The lowest BCUT2D eigenvalue weighted by atomic mass is 10.0. The van der Waals surface area contributed by atoms with E-state index < -0.39 is 0 Å². The van der Waals surface area contributed by atoms with E-state index in [1.807, 2.05) is 0 Å². The summed E-state index contributed by atoms with van der Waals surface area (Å²) in [6, 6.07) is 6.53. The van der Waals surface area contributed by atoms with E-state index in [1.165, 1.54) is 18.4 Å². The summed E-state index contributed by atoms with van der Waals surface area (Å²) >= 11 is 6.45. The molecule has 0 amide bonds. The zero-order chi connectivity index (χ0) is 15.2. The van der Waals surface area contributed by atoms with Crippen LogP contribution in [0.4, 0.5) is 5.69 Å². The monoisotopic (exact) mass is 310 g/mol. The first kappa shape index (κ1) is 16.6. The molecule has 0 spiro atoms. The van der Waals surface area contributed by atoms with E-state index in [0.29, 0.717) is 5.92 Å². The molecule has 1 aliphatic heterocycles. The highest BCUT2D eigenvalue weighted by Gasteiger charge is 2.17. The van der Waals surface area contributed by atoms with Crippen LogP contribution in [0.25, 0.3) is 0 Å². The van der Waals surface area contributed by atoms with Crippen LogP contribution in [0.2, 0.25) is 5.02 Å². The second-order valence-corrected chi connectivity index (χ2v) is 6.53. The second kappa shape index (κ2) is 8.02. The van der Waals surface area contributed by atoms with Gasteiger partial charge in [-0.05, 0) is 49.3 Å². The van der Waals surface area contributed by atoms with E-state index in [4.69, 9.17) is 22.1 Å². The van der Waals surface area contributed by atoms with Gasteiger partial charge in [0.1, 0.15) is 0 Å². The minimum atomic E-state index is 0.212. The minimum absolute atomic E-state index is 0.212. The number of benzene rings is 1. The SMILES string of the molecule is CCC(N)Cc1ccc(N(C)CC2CCCOC2)c(Cl)c1. The Bertz CT molecular complexity index is 446. The van der Waals surface area contributed by atoms with Gasteiger partial charge in [0, 0.05) is 26.2 Å². The molecule has 0 radical (unpaired) electrons. The molecular formula is C17H27ClN2O. The van der Waals surface area contributed by atoms with Gasteiger partial charge < -0.3 is 15.4 Å². The Morgan fingerprint density at radius 1 is 1.48 bits per heavy atom. The van der Waals surface area contributed by atoms with Crippen LogP contribution in [0, 0.1) is 5.92 Å². The third-order valence-electron chi connectivity index (χ3n) is 4.23. The van der Waals surface area contributed by atoms with Crippen molar-refractivity contribution in [3.63, 3.8) is 0 Å². The average Bonchev–Trinajstić information content (AvgIpc) is 2.48. The molecule has 0 bridgehead atoms. The smallest absolute Gasteiger partial charge is 0.0642 e. The molecule has 4 heteroatoms. The Morgan fingerprint density at radius 2 is 2.29 bits per heavy atom. The van der Waals surface area contributed by atoms with Crippen LogP contribution in [0.5, 0.6) is 0 Å². The van der Waals surface area contributed by atoms with Crippen LogP contribution in [0.15, 0.2) is 18.2 Å². The molecule has 1 aliphatic rings. The quantitative estimate of drug-likeness (QED) is 0.874. The number of hydrogen-bond acceptors (Lipinski definition) is 3. The Balaban J connectivity index is 1.98. The molecule has 2 atom stereocenters. The molecule has 21 heavy (non-hydrogen) atoms. The Kier molecular flexibility index (Phi) is 6.34. The average molecular weight is 311 g/mol. The van der Waals surface area contributed by atoms with Crippen molar-refractivity contribution in [1.29, 1.82) is 0 Å². The van der Waals surface area contributed by atoms with Gasteiger partial charge in [-0.3, -0.25) is 0 Å². The van der Waals surface area contributed by atoms with Crippen molar-refractivity contribution in [3.8, 4) is 0 Å². The summed E-state index contributed by atoms with van der Waals surface area (Å²) in [5.41, 5.74) is 8.32. The second-order valence-electron chi connectivity index (χ2n) is 6.12. The molecule has 0 aromatic heterocycles. The first-order valence-electron chi connectivity index (χ1n) is 7.93. The normalized spacial score (nSPS) is 20.3. The lowest BCUT2D eigenvalue weighted by Crippen LogP contribution is -2.31. The molecule has 2 unspecified atom stereocenters. The Labute approximate surface area is 133 Å². The standard InChI is InChI=1S/C17H27ClN2O/c1-3-15(19)9-13-6-7-17(16(18)10-13)20(2)11-14-5-4-8-21-12-14/h6-7,10,14-15H,3-5,8-9,11-12,19H2,1-2H3. The van der Waals surface area contributed by atoms with E-state index in [-0.39, 0.29) is 6.04 Å². The van der Waals surface area contributed by atoms with Crippen molar-refractivity contribution >= 4 is 17.3 Å². The van der Waals surface area contributed by atoms with E-state index in [1.54, 1.807) is 0 Å². The molecule has 0 saturated carbocycles. The summed E-state index contributed by atoms with van der Waals surface area (Å²) in [6.45, 7) is 4.88. The fourth-order valence-corrected chi connectivity index (χ4v) is 3.22. The van der Waals surface area contributed by atoms with Crippen molar-refractivity contribution in [3.05, 3.63) is 28.8 Å². The Morgan fingerprint density at radius 3 is 2.90 bits per heavy atom. The van der Waals surface area contributed by atoms with Gasteiger partial charge in [0.05, 0.1) is 17.3 Å².